The summed E-state index contributed by atoms with van der Waals surface area (Å²) in [6.45, 7) is 0. The first-order chi connectivity index (χ1) is 10.1. The van der Waals surface area contributed by atoms with Crippen molar-refractivity contribution in [1.82, 2.24) is 9.97 Å². The van der Waals surface area contributed by atoms with E-state index in [1.54, 1.807) is 6.21 Å². The molecule has 2 aromatic rings. The molecule has 0 unspecified atom stereocenters. The number of halogens is 1. The second-order valence-electron chi connectivity index (χ2n) is 3.97. The summed E-state index contributed by atoms with van der Waals surface area (Å²) in [6, 6.07) is 7.74. The first-order valence-corrected chi connectivity index (χ1v) is 6.64. The fourth-order valence-corrected chi connectivity index (χ4v) is 1.80. The molecule has 1 aromatic heterocycles. The molecule has 21 heavy (non-hydrogen) atoms. The van der Waals surface area contributed by atoms with Crippen molar-refractivity contribution < 1.29 is 4.92 Å². The Kier molecular flexibility index (Phi) is 4.77. The largest absolute Gasteiger partial charge is 0.378 e. The van der Waals surface area contributed by atoms with Crippen molar-refractivity contribution in [3.63, 3.8) is 0 Å². The van der Waals surface area contributed by atoms with Crippen LogP contribution in [0, 0.1) is 10.1 Å². The minimum absolute atomic E-state index is 0.0421. The number of nitro groups is 1. The van der Waals surface area contributed by atoms with Gasteiger partial charge in [-0.05, 0) is 17.7 Å². The molecule has 0 aliphatic heterocycles. The van der Waals surface area contributed by atoms with Crippen LogP contribution in [0.1, 0.15) is 5.56 Å². The normalized spacial score (nSPS) is 10.7. The molecule has 0 saturated heterocycles. The van der Waals surface area contributed by atoms with Crippen molar-refractivity contribution in [2.75, 3.05) is 11.2 Å². The van der Waals surface area contributed by atoms with Crippen molar-refractivity contribution in [1.29, 1.82) is 0 Å². The summed E-state index contributed by atoms with van der Waals surface area (Å²) >= 11 is 3.35. The number of benzene rings is 1. The van der Waals surface area contributed by atoms with Crippen LogP contribution in [0.5, 0.6) is 0 Å². The molecule has 8 nitrogen and oxygen atoms in total. The van der Waals surface area contributed by atoms with Crippen LogP contribution in [0.2, 0.25) is 0 Å². The Labute approximate surface area is 128 Å². The minimum atomic E-state index is -0.651. The molecule has 0 radical (unpaired) electrons. The van der Waals surface area contributed by atoms with Gasteiger partial charge in [0.1, 0.15) is 6.33 Å². The second-order valence-corrected chi connectivity index (χ2v) is 4.88. The molecule has 0 fully saturated rings. The molecule has 1 aromatic carbocycles. The van der Waals surface area contributed by atoms with Crippen LogP contribution >= 0.6 is 15.9 Å². The number of nitrogens with zero attached hydrogens (tertiary/aromatic N) is 4. The Bertz CT molecular complexity index is 674. The van der Waals surface area contributed by atoms with Gasteiger partial charge in [-0.2, -0.15) is 5.10 Å². The monoisotopic (exact) mass is 350 g/mol. The second kappa shape index (κ2) is 6.75. The number of hydrazone groups is 1. The van der Waals surface area contributed by atoms with Crippen molar-refractivity contribution in [3.05, 3.63) is 50.7 Å². The van der Waals surface area contributed by atoms with Gasteiger partial charge in [-0.25, -0.2) is 9.97 Å². The molecule has 0 spiro atoms. The molecule has 0 aliphatic carbocycles. The third-order valence-corrected chi connectivity index (χ3v) is 3.06. The summed E-state index contributed by atoms with van der Waals surface area (Å²) in [5.74, 6) is -0.250. The molecule has 108 valence electrons. The van der Waals surface area contributed by atoms with Crippen molar-refractivity contribution in [2.45, 2.75) is 6.42 Å². The van der Waals surface area contributed by atoms with E-state index in [0.29, 0.717) is 6.42 Å². The van der Waals surface area contributed by atoms with Gasteiger partial charge in [0, 0.05) is 17.1 Å². The Hall–Kier alpha value is -2.55. The van der Waals surface area contributed by atoms with Gasteiger partial charge in [0.25, 0.3) is 0 Å². The summed E-state index contributed by atoms with van der Waals surface area (Å²) in [5, 5.41) is 14.8. The van der Waals surface area contributed by atoms with Gasteiger partial charge in [-0.15, -0.1) is 0 Å². The summed E-state index contributed by atoms with van der Waals surface area (Å²) in [6.07, 6.45) is 3.30. The molecule has 0 atom stereocenters. The van der Waals surface area contributed by atoms with Crippen LogP contribution in [0.25, 0.3) is 0 Å². The van der Waals surface area contributed by atoms with Crippen LogP contribution < -0.4 is 11.2 Å². The minimum Gasteiger partial charge on any atom is -0.378 e. The average Bonchev–Trinajstić information content (AvgIpc) is 2.45. The summed E-state index contributed by atoms with van der Waals surface area (Å²) in [4.78, 5) is 17.6. The number of hydrogen-bond donors (Lipinski definition) is 2. The van der Waals surface area contributed by atoms with Gasteiger partial charge in [0.15, 0.2) is 0 Å². The summed E-state index contributed by atoms with van der Waals surface area (Å²) in [7, 11) is 0. The molecule has 1 heterocycles. The lowest BCUT2D eigenvalue weighted by Gasteiger charge is -2.02. The van der Waals surface area contributed by atoms with Crippen LogP contribution in [0.4, 0.5) is 17.3 Å². The average molecular weight is 351 g/mol. The molecule has 0 saturated carbocycles. The summed E-state index contributed by atoms with van der Waals surface area (Å²) < 4.78 is 0.994. The predicted molar refractivity (Wildman–Crippen MR) is 83.1 cm³/mol. The van der Waals surface area contributed by atoms with Gasteiger partial charge < -0.3 is 5.73 Å². The molecule has 0 amide bonds. The van der Waals surface area contributed by atoms with E-state index < -0.39 is 10.6 Å². The Balaban J connectivity index is 2.03. The number of anilines is 2. The zero-order valence-electron chi connectivity index (χ0n) is 10.7. The Morgan fingerprint density at radius 2 is 2.10 bits per heavy atom. The zero-order chi connectivity index (χ0) is 15.2. The van der Waals surface area contributed by atoms with E-state index in [4.69, 9.17) is 5.73 Å². The number of nitrogens with one attached hydrogen (secondary N) is 1. The molecule has 0 bridgehead atoms. The fraction of sp³-hybridized carbons (Fsp3) is 0.0833. The SMILES string of the molecule is Nc1ncnc(N/N=C/Cc2ccc(Br)cc2)c1[N+](=O)[O-]. The van der Waals surface area contributed by atoms with Gasteiger partial charge in [-0.3, -0.25) is 15.5 Å². The molecular formula is C12H11BrN6O2. The van der Waals surface area contributed by atoms with Crippen molar-refractivity contribution in [3.8, 4) is 0 Å². The van der Waals surface area contributed by atoms with E-state index in [9.17, 15) is 10.1 Å². The highest BCUT2D eigenvalue weighted by Crippen LogP contribution is 2.25. The maximum atomic E-state index is 10.9. The van der Waals surface area contributed by atoms with Gasteiger partial charge in [0.05, 0.1) is 4.92 Å². The number of hydrogen-bond acceptors (Lipinski definition) is 7. The van der Waals surface area contributed by atoms with E-state index in [0.717, 1.165) is 16.4 Å². The van der Waals surface area contributed by atoms with Crippen LogP contribution in [-0.4, -0.2) is 21.1 Å². The standard InChI is InChI=1S/C12H11BrN6O2/c13-9-3-1-8(2-4-9)5-6-17-18-12-10(19(20)21)11(14)15-7-16-12/h1-4,6-7H,5H2,(H3,14,15,16,18)/b17-6+. The molecule has 3 N–H and O–H groups in total. The highest BCUT2D eigenvalue weighted by molar-refractivity contribution is 9.10. The van der Waals surface area contributed by atoms with Crippen molar-refractivity contribution >= 4 is 39.5 Å². The van der Waals surface area contributed by atoms with E-state index in [1.165, 1.54) is 0 Å². The number of aromatic nitrogens is 2. The van der Waals surface area contributed by atoms with Gasteiger partial charge >= 0.3 is 5.69 Å². The lowest BCUT2D eigenvalue weighted by Crippen LogP contribution is -2.04. The van der Waals surface area contributed by atoms with Gasteiger partial charge in [-0.1, -0.05) is 28.1 Å². The van der Waals surface area contributed by atoms with Crippen LogP contribution in [-0.2, 0) is 6.42 Å². The quantitative estimate of drug-likeness (QED) is 0.485. The van der Waals surface area contributed by atoms with E-state index in [1.807, 2.05) is 24.3 Å². The van der Waals surface area contributed by atoms with E-state index in [-0.39, 0.29) is 11.6 Å². The maximum absolute atomic E-state index is 10.9. The molecule has 0 aliphatic rings. The number of nitrogen functional groups attached to an aromatic ring is 1. The maximum Gasteiger partial charge on any atom is 0.354 e. The van der Waals surface area contributed by atoms with Gasteiger partial charge in [0.2, 0.25) is 11.6 Å². The van der Waals surface area contributed by atoms with E-state index >= 15 is 0 Å². The number of nitrogens with two attached hydrogens (primary N) is 1. The van der Waals surface area contributed by atoms with Crippen molar-refractivity contribution in [2.24, 2.45) is 5.10 Å². The van der Waals surface area contributed by atoms with Crippen LogP contribution in [0.15, 0.2) is 40.2 Å². The highest BCUT2D eigenvalue weighted by atomic mass is 79.9. The third kappa shape index (κ3) is 3.96. The lowest BCUT2D eigenvalue weighted by molar-refractivity contribution is -0.383. The molecule has 2 rings (SSSR count). The lowest BCUT2D eigenvalue weighted by atomic mass is 10.2. The Morgan fingerprint density at radius 3 is 2.76 bits per heavy atom. The smallest absolute Gasteiger partial charge is 0.354 e. The fourth-order valence-electron chi connectivity index (χ4n) is 1.53. The highest BCUT2D eigenvalue weighted by Gasteiger charge is 2.20. The van der Waals surface area contributed by atoms with Crippen LogP contribution in [0.3, 0.4) is 0 Å². The predicted octanol–water partition coefficient (Wildman–Crippen LogP) is 2.37. The Morgan fingerprint density at radius 1 is 1.38 bits per heavy atom. The molecular weight excluding hydrogens is 340 g/mol. The summed E-state index contributed by atoms with van der Waals surface area (Å²) in [5.41, 5.74) is 8.61. The number of rotatable bonds is 5. The topological polar surface area (TPSA) is 119 Å². The first kappa shape index (κ1) is 14.9. The first-order valence-electron chi connectivity index (χ1n) is 5.84. The van der Waals surface area contributed by atoms with E-state index in [2.05, 4.69) is 36.4 Å². The zero-order valence-corrected chi connectivity index (χ0v) is 12.3. The third-order valence-electron chi connectivity index (χ3n) is 2.54. The molecule has 9 heteroatoms.